The fraction of sp³-hybridized carbons (Fsp3) is 0.105. The molecule has 0 aliphatic carbocycles. The van der Waals surface area contributed by atoms with Crippen LogP contribution < -0.4 is 4.90 Å². The van der Waals surface area contributed by atoms with Crippen LogP contribution in [-0.2, 0) is 10.4 Å². The van der Waals surface area contributed by atoms with E-state index in [1.807, 2.05) is 24.3 Å². The Balaban J connectivity index is 2.01. The fourth-order valence-corrected chi connectivity index (χ4v) is 3.57. The van der Waals surface area contributed by atoms with Gasteiger partial charge in [0.1, 0.15) is 0 Å². The summed E-state index contributed by atoms with van der Waals surface area (Å²) in [6.45, 7) is 4.02. The number of halogens is 1. The predicted molar refractivity (Wildman–Crippen MR) is 95.3 cm³/mol. The highest BCUT2D eigenvalue weighted by Crippen LogP contribution is 2.47. The molecule has 1 aliphatic heterocycles. The number of hydrogen-bond donors (Lipinski definition) is 2. The number of carbonyl (C=O) groups is 1. The molecule has 2 heterocycles. The molecule has 0 spiro atoms. The zero-order valence-electron chi connectivity index (χ0n) is 12.8. The normalized spacial score (nSPS) is 19.8. The second-order valence-electron chi connectivity index (χ2n) is 5.82. The summed E-state index contributed by atoms with van der Waals surface area (Å²) in [4.78, 5) is 17.7. The van der Waals surface area contributed by atoms with E-state index in [4.69, 9.17) is 11.6 Å². The number of fused-ring (bicyclic) bond motifs is 2. The molecule has 4 nitrogen and oxygen atoms in total. The number of aromatic nitrogens is 1. The van der Waals surface area contributed by atoms with Crippen molar-refractivity contribution in [3.63, 3.8) is 0 Å². The highest BCUT2D eigenvalue weighted by Gasteiger charge is 2.51. The van der Waals surface area contributed by atoms with Crippen molar-refractivity contribution < 1.29 is 9.90 Å². The number of amides is 1. The average molecular weight is 339 g/mol. The highest BCUT2D eigenvalue weighted by molar-refractivity contribution is 6.31. The zero-order valence-corrected chi connectivity index (χ0v) is 13.5. The molecule has 4 rings (SSSR count). The van der Waals surface area contributed by atoms with Crippen LogP contribution in [0.15, 0.2) is 61.3 Å². The third-order valence-electron chi connectivity index (χ3n) is 4.48. The SMILES string of the molecule is C=CCN1C(=O)[C@@](O)(c2c[nH]c3ccccc23)c2cc(Cl)ccc21. The quantitative estimate of drug-likeness (QED) is 0.717. The Morgan fingerprint density at radius 1 is 1.25 bits per heavy atom. The van der Waals surface area contributed by atoms with Gasteiger partial charge in [0.05, 0.1) is 5.69 Å². The number of para-hydroxylation sites is 1. The van der Waals surface area contributed by atoms with E-state index in [0.29, 0.717) is 28.4 Å². The zero-order chi connectivity index (χ0) is 16.9. The molecular weight excluding hydrogens is 324 g/mol. The number of rotatable bonds is 3. The molecule has 1 aliphatic rings. The van der Waals surface area contributed by atoms with Gasteiger partial charge in [-0.3, -0.25) is 4.79 Å². The van der Waals surface area contributed by atoms with E-state index in [2.05, 4.69) is 11.6 Å². The Bertz CT molecular complexity index is 978. The van der Waals surface area contributed by atoms with Crippen molar-refractivity contribution in [1.82, 2.24) is 4.98 Å². The van der Waals surface area contributed by atoms with Crippen LogP contribution in [0.1, 0.15) is 11.1 Å². The largest absolute Gasteiger partial charge is 0.372 e. The minimum atomic E-state index is -1.77. The molecule has 0 bridgehead atoms. The number of benzene rings is 2. The van der Waals surface area contributed by atoms with Gasteiger partial charge < -0.3 is 15.0 Å². The van der Waals surface area contributed by atoms with Crippen molar-refractivity contribution in [2.24, 2.45) is 0 Å². The highest BCUT2D eigenvalue weighted by atomic mass is 35.5. The Hall–Kier alpha value is -2.56. The lowest BCUT2D eigenvalue weighted by molar-refractivity contribution is -0.131. The van der Waals surface area contributed by atoms with Gasteiger partial charge in [-0.1, -0.05) is 35.9 Å². The second kappa shape index (κ2) is 5.23. The van der Waals surface area contributed by atoms with E-state index >= 15 is 0 Å². The van der Waals surface area contributed by atoms with Crippen LogP contribution in [-0.4, -0.2) is 22.5 Å². The number of H-pyrrole nitrogens is 1. The van der Waals surface area contributed by atoms with Crippen LogP contribution >= 0.6 is 11.6 Å². The Kier molecular flexibility index (Phi) is 3.27. The van der Waals surface area contributed by atoms with Crippen LogP contribution in [0.25, 0.3) is 10.9 Å². The first-order valence-corrected chi connectivity index (χ1v) is 7.97. The summed E-state index contributed by atoms with van der Waals surface area (Å²) in [6, 6.07) is 12.7. The first-order valence-electron chi connectivity index (χ1n) is 7.59. The molecule has 1 amide bonds. The topological polar surface area (TPSA) is 56.3 Å². The van der Waals surface area contributed by atoms with E-state index in [1.165, 1.54) is 4.90 Å². The molecule has 0 unspecified atom stereocenters. The van der Waals surface area contributed by atoms with E-state index in [9.17, 15) is 9.90 Å². The summed E-state index contributed by atoms with van der Waals surface area (Å²) in [5.41, 5.74) is 0.754. The van der Waals surface area contributed by atoms with Gasteiger partial charge in [-0.05, 0) is 24.3 Å². The number of aromatic amines is 1. The summed E-state index contributed by atoms with van der Waals surface area (Å²) >= 11 is 6.13. The van der Waals surface area contributed by atoms with Crippen molar-refractivity contribution in [2.45, 2.75) is 5.60 Å². The van der Waals surface area contributed by atoms with Gasteiger partial charge in [0.15, 0.2) is 5.60 Å². The second-order valence-corrected chi connectivity index (χ2v) is 6.26. The Morgan fingerprint density at radius 3 is 2.83 bits per heavy atom. The van der Waals surface area contributed by atoms with E-state index in [-0.39, 0.29) is 0 Å². The molecule has 1 atom stereocenters. The first-order chi connectivity index (χ1) is 11.6. The molecule has 0 radical (unpaired) electrons. The summed E-state index contributed by atoms with van der Waals surface area (Å²) < 4.78 is 0. The van der Waals surface area contributed by atoms with Gasteiger partial charge in [-0.2, -0.15) is 0 Å². The number of aliphatic hydroxyl groups is 1. The van der Waals surface area contributed by atoms with Gasteiger partial charge in [-0.15, -0.1) is 6.58 Å². The Labute approximate surface area is 144 Å². The molecule has 0 saturated heterocycles. The third kappa shape index (κ3) is 1.87. The van der Waals surface area contributed by atoms with Crippen molar-refractivity contribution in [3.05, 3.63) is 77.5 Å². The molecule has 0 saturated carbocycles. The molecule has 120 valence electrons. The lowest BCUT2D eigenvalue weighted by Crippen LogP contribution is -2.41. The maximum Gasteiger partial charge on any atom is 0.268 e. The molecule has 3 aromatic rings. The van der Waals surface area contributed by atoms with Crippen LogP contribution in [0.4, 0.5) is 5.69 Å². The van der Waals surface area contributed by atoms with E-state index in [0.717, 1.165) is 10.9 Å². The summed E-state index contributed by atoms with van der Waals surface area (Å²) in [6.07, 6.45) is 3.32. The standard InChI is InChI=1S/C19H15ClN2O2/c1-2-9-22-17-8-7-12(20)10-14(17)19(24,18(22)23)15-11-21-16-6-4-3-5-13(15)16/h2-8,10-11,21,24H,1,9H2/t19-/m0/s1. The molecular formula is C19H15ClN2O2. The lowest BCUT2D eigenvalue weighted by atomic mass is 9.87. The number of carbonyl (C=O) groups excluding carboxylic acids is 1. The average Bonchev–Trinajstić information content (AvgIpc) is 3.10. The van der Waals surface area contributed by atoms with Gasteiger partial charge in [-0.25, -0.2) is 0 Å². The summed E-state index contributed by atoms with van der Waals surface area (Å²) in [7, 11) is 0. The van der Waals surface area contributed by atoms with E-state index < -0.39 is 11.5 Å². The van der Waals surface area contributed by atoms with Crippen LogP contribution in [0.2, 0.25) is 5.02 Å². The van der Waals surface area contributed by atoms with Crippen molar-refractivity contribution in [2.75, 3.05) is 11.4 Å². The maximum atomic E-state index is 13.1. The van der Waals surface area contributed by atoms with E-state index in [1.54, 1.807) is 30.5 Å². The number of nitrogens with zero attached hydrogens (tertiary/aromatic N) is 1. The molecule has 5 heteroatoms. The van der Waals surface area contributed by atoms with Gasteiger partial charge in [0.2, 0.25) is 0 Å². The van der Waals surface area contributed by atoms with Gasteiger partial charge in [0.25, 0.3) is 5.91 Å². The van der Waals surface area contributed by atoms with Crippen LogP contribution in [0, 0.1) is 0 Å². The third-order valence-corrected chi connectivity index (χ3v) is 4.72. The monoisotopic (exact) mass is 338 g/mol. The first kappa shape index (κ1) is 15.0. The molecule has 2 aromatic carbocycles. The summed E-state index contributed by atoms with van der Waals surface area (Å²) in [5, 5.41) is 12.8. The van der Waals surface area contributed by atoms with Gasteiger partial charge >= 0.3 is 0 Å². The Morgan fingerprint density at radius 2 is 2.04 bits per heavy atom. The molecule has 2 N–H and O–H groups in total. The van der Waals surface area contributed by atoms with Gasteiger partial charge in [0, 0.05) is 39.8 Å². The molecule has 24 heavy (non-hydrogen) atoms. The smallest absolute Gasteiger partial charge is 0.268 e. The molecule has 0 fully saturated rings. The van der Waals surface area contributed by atoms with Crippen LogP contribution in [0.3, 0.4) is 0 Å². The predicted octanol–water partition coefficient (Wildman–Crippen LogP) is 3.59. The van der Waals surface area contributed by atoms with Crippen molar-refractivity contribution in [1.29, 1.82) is 0 Å². The molecule has 1 aromatic heterocycles. The minimum Gasteiger partial charge on any atom is -0.372 e. The number of nitrogens with one attached hydrogen (secondary N) is 1. The fourth-order valence-electron chi connectivity index (χ4n) is 3.39. The number of hydrogen-bond acceptors (Lipinski definition) is 2. The number of anilines is 1. The van der Waals surface area contributed by atoms with Crippen LogP contribution in [0.5, 0.6) is 0 Å². The minimum absolute atomic E-state index is 0.318. The van der Waals surface area contributed by atoms with Crippen molar-refractivity contribution >= 4 is 34.1 Å². The maximum absolute atomic E-state index is 13.1. The lowest BCUT2D eigenvalue weighted by Gasteiger charge is -2.22. The summed E-state index contributed by atoms with van der Waals surface area (Å²) in [5.74, 6) is -0.399. The van der Waals surface area contributed by atoms with Crippen molar-refractivity contribution in [3.8, 4) is 0 Å².